The molecule has 0 radical (unpaired) electrons. The van der Waals surface area contributed by atoms with Gasteiger partial charge in [0.05, 0.1) is 6.61 Å². The van der Waals surface area contributed by atoms with E-state index in [0.29, 0.717) is 12.6 Å². The molecule has 1 aromatic heterocycles. The zero-order valence-electron chi connectivity index (χ0n) is 9.73. The molecule has 0 saturated carbocycles. The number of aromatic nitrogens is 1. The number of oxazole rings is 1. The third-order valence-corrected chi connectivity index (χ3v) is 2.52. The van der Waals surface area contributed by atoms with Crippen LogP contribution in [0.4, 0.5) is 6.01 Å². The summed E-state index contributed by atoms with van der Waals surface area (Å²) in [5.41, 5.74) is 0.216. The first-order valence-corrected chi connectivity index (χ1v) is 6.41. The first kappa shape index (κ1) is 12.9. The van der Waals surface area contributed by atoms with Crippen molar-refractivity contribution in [3.8, 4) is 0 Å². The second-order valence-electron chi connectivity index (χ2n) is 3.15. The summed E-state index contributed by atoms with van der Waals surface area (Å²) in [5, 5.41) is 0. The lowest BCUT2D eigenvalue weighted by Crippen LogP contribution is -2.20. The molecular weight excluding hydrogens is 228 g/mol. The molecule has 0 aliphatic rings. The number of ether oxygens (including phenoxy) is 1. The van der Waals surface area contributed by atoms with Crippen LogP contribution in [0.15, 0.2) is 10.7 Å². The van der Waals surface area contributed by atoms with Gasteiger partial charge in [0, 0.05) is 19.3 Å². The number of carbonyl (C=O) groups is 1. The maximum atomic E-state index is 11.3. The van der Waals surface area contributed by atoms with E-state index in [-0.39, 0.29) is 5.69 Å². The van der Waals surface area contributed by atoms with Gasteiger partial charge in [-0.2, -0.15) is 16.7 Å². The maximum absolute atomic E-state index is 11.3. The van der Waals surface area contributed by atoms with Crippen molar-refractivity contribution < 1.29 is 13.9 Å². The van der Waals surface area contributed by atoms with Crippen LogP contribution >= 0.6 is 11.8 Å². The molecule has 5 nitrogen and oxygen atoms in total. The zero-order valence-corrected chi connectivity index (χ0v) is 10.5. The van der Waals surface area contributed by atoms with Crippen LogP contribution in [0.1, 0.15) is 17.4 Å². The Morgan fingerprint density at radius 2 is 2.44 bits per heavy atom. The summed E-state index contributed by atoms with van der Waals surface area (Å²) in [6.45, 7) is 2.91. The number of hydrogen-bond acceptors (Lipinski definition) is 6. The molecule has 0 amide bonds. The molecule has 0 aliphatic heterocycles. The Morgan fingerprint density at radius 3 is 3.06 bits per heavy atom. The van der Waals surface area contributed by atoms with E-state index in [1.807, 2.05) is 18.2 Å². The number of rotatable bonds is 6. The monoisotopic (exact) mass is 244 g/mol. The normalized spacial score (nSPS) is 10.2. The highest BCUT2D eigenvalue weighted by Crippen LogP contribution is 2.13. The van der Waals surface area contributed by atoms with E-state index >= 15 is 0 Å². The molecule has 16 heavy (non-hydrogen) atoms. The zero-order chi connectivity index (χ0) is 12.0. The maximum Gasteiger partial charge on any atom is 0.360 e. The molecule has 0 bridgehead atoms. The molecule has 0 fully saturated rings. The number of anilines is 1. The van der Waals surface area contributed by atoms with Crippen molar-refractivity contribution >= 4 is 23.7 Å². The quantitative estimate of drug-likeness (QED) is 0.709. The minimum absolute atomic E-state index is 0.216. The third-order valence-electron chi connectivity index (χ3n) is 1.93. The Hall–Kier alpha value is -1.17. The Balaban J connectivity index is 2.59. The highest BCUT2D eigenvalue weighted by molar-refractivity contribution is 7.98. The summed E-state index contributed by atoms with van der Waals surface area (Å²) < 4.78 is 10.0. The van der Waals surface area contributed by atoms with E-state index in [4.69, 9.17) is 9.15 Å². The van der Waals surface area contributed by atoms with E-state index in [0.717, 1.165) is 12.3 Å². The molecule has 0 saturated heterocycles. The van der Waals surface area contributed by atoms with Gasteiger partial charge in [-0.25, -0.2) is 4.79 Å². The number of carbonyl (C=O) groups excluding carboxylic acids is 1. The largest absolute Gasteiger partial charge is 0.461 e. The first-order valence-electron chi connectivity index (χ1n) is 5.01. The van der Waals surface area contributed by atoms with Crippen molar-refractivity contribution in [1.82, 2.24) is 4.98 Å². The minimum atomic E-state index is -0.448. The van der Waals surface area contributed by atoms with Gasteiger partial charge in [-0.3, -0.25) is 0 Å². The van der Waals surface area contributed by atoms with Gasteiger partial charge in [-0.1, -0.05) is 0 Å². The van der Waals surface area contributed by atoms with Gasteiger partial charge in [0.2, 0.25) is 0 Å². The van der Waals surface area contributed by atoms with Crippen molar-refractivity contribution in [3.05, 3.63) is 12.0 Å². The van der Waals surface area contributed by atoms with Gasteiger partial charge in [-0.05, 0) is 13.2 Å². The summed E-state index contributed by atoms with van der Waals surface area (Å²) >= 11 is 1.74. The summed E-state index contributed by atoms with van der Waals surface area (Å²) in [4.78, 5) is 17.2. The number of nitrogens with zero attached hydrogens (tertiary/aromatic N) is 2. The van der Waals surface area contributed by atoms with Crippen LogP contribution in [0.2, 0.25) is 0 Å². The molecule has 1 heterocycles. The lowest BCUT2D eigenvalue weighted by Gasteiger charge is -2.12. The van der Waals surface area contributed by atoms with Gasteiger partial charge in [0.25, 0.3) is 6.01 Å². The summed E-state index contributed by atoms with van der Waals surface area (Å²) in [6, 6.07) is 0.442. The third kappa shape index (κ3) is 3.44. The smallest absolute Gasteiger partial charge is 0.360 e. The Labute approximate surface area is 99.2 Å². The van der Waals surface area contributed by atoms with Gasteiger partial charge in [-0.15, -0.1) is 0 Å². The van der Waals surface area contributed by atoms with Crippen LogP contribution in [0, 0.1) is 0 Å². The summed E-state index contributed by atoms with van der Waals surface area (Å²) in [6.07, 6.45) is 3.36. The van der Waals surface area contributed by atoms with Gasteiger partial charge in [0.1, 0.15) is 6.26 Å². The predicted molar refractivity (Wildman–Crippen MR) is 64.1 cm³/mol. The van der Waals surface area contributed by atoms with Crippen LogP contribution < -0.4 is 4.90 Å². The summed E-state index contributed by atoms with van der Waals surface area (Å²) in [7, 11) is 1.87. The van der Waals surface area contributed by atoms with E-state index < -0.39 is 5.97 Å². The fourth-order valence-electron chi connectivity index (χ4n) is 1.06. The fraction of sp³-hybridized carbons (Fsp3) is 0.600. The van der Waals surface area contributed by atoms with E-state index in [9.17, 15) is 4.79 Å². The predicted octanol–water partition coefficient (Wildman–Crippen LogP) is 1.65. The second-order valence-corrected chi connectivity index (χ2v) is 4.14. The molecule has 0 aromatic carbocycles. The second kappa shape index (κ2) is 6.42. The van der Waals surface area contributed by atoms with Crippen LogP contribution in [-0.2, 0) is 4.74 Å². The SMILES string of the molecule is CCOC(=O)c1coc(N(C)CCSC)n1. The molecule has 1 aromatic rings. The molecule has 1 rings (SSSR count). The average molecular weight is 244 g/mol. The Kier molecular flexibility index (Phi) is 5.18. The van der Waals surface area contributed by atoms with Crippen LogP contribution in [0.5, 0.6) is 0 Å². The van der Waals surface area contributed by atoms with Crippen LogP contribution in [-0.4, -0.2) is 43.2 Å². The molecular formula is C10H16N2O3S. The lowest BCUT2D eigenvalue weighted by atomic mass is 10.5. The first-order chi connectivity index (χ1) is 7.69. The highest BCUT2D eigenvalue weighted by Gasteiger charge is 2.15. The van der Waals surface area contributed by atoms with E-state index in [2.05, 4.69) is 4.98 Å². The standard InChI is InChI=1S/C10H16N2O3S/c1-4-14-9(13)8-7-15-10(11-8)12(2)5-6-16-3/h7H,4-6H2,1-3H3. The van der Waals surface area contributed by atoms with Gasteiger partial charge < -0.3 is 14.1 Å². The Bertz CT molecular complexity index is 341. The van der Waals surface area contributed by atoms with Crippen molar-refractivity contribution in [2.45, 2.75) is 6.92 Å². The number of hydrogen-bond donors (Lipinski definition) is 0. The molecule has 90 valence electrons. The molecule has 6 heteroatoms. The summed E-state index contributed by atoms with van der Waals surface area (Å²) in [5.74, 6) is 0.531. The van der Waals surface area contributed by atoms with Crippen LogP contribution in [0.25, 0.3) is 0 Å². The molecule has 0 N–H and O–H groups in total. The number of thioether (sulfide) groups is 1. The van der Waals surface area contributed by atoms with Crippen molar-refractivity contribution in [1.29, 1.82) is 0 Å². The van der Waals surface area contributed by atoms with Crippen molar-refractivity contribution in [2.75, 3.05) is 37.1 Å². The van der Waals surface area contributed by atoms with Gasteiger partial charge >= 0.3 is 5.97 Å². The van der Waals surface area contributed by atoms with E-state index in [1.165, 1.54) is 6.26 Å². The van der Waals surface area contributed by atoms with Gasteiger partial charge in [0.15, 0.2) is 5.69 Å². The molecule has 0 spiro atoms. The highest BCUT2D eigenvalue weighted by atomic mass is 32.2. The topological polar surface area (TPSA) is 55.6 Å². The molecule has 0 unspecified atom stereocenters. The lowest BCUT2D eigenvalue weighted by molar-refractivity contribution is 0.0519. The molecule has 0 aliphatic carbocycles. The molecule has 0 atom stereocenters. The van der Waals surface area contributed by atoms with Crippen molar-refractivity contribution in [2.24, 2.45) is 0 Å². The average Bonchev–Trinajstić information content (AvgIpc) is 2.75. The van der Waals surface area contributed by atoms with Crippen molar-refractivity contribution in [3.63, 3.8) is 0 Å². The number of esters is 1. The van der Waals surface area contributed by atoms with Crippen LogP contribution in [0.3, 0.4) is 0 Å². The minimum Gasteiger partial charge on any atom is -0.461 e. The fourth-order valence-corrected chi connectivity index (χ4v) is 1.52. The Morgan fingerprint density at radius 1 is 1.69 bits per heavy atom. The van der Waals surface area contributed by atoms with E-state index in [1.54, 1.807) is 18.7 Å².